The molecule has 2 aliphatic heterocycles. The van der Waals surface area contributed by atoms with Crippen LogP contribution in [0.1, 0.15) is 54.8 Å². The summed E-state index contributed by atoms with van der Waals surface area (Å²) in [5.74, 6) is -1.83. The molecular formula is C36H39Cl2N3O7. The molecule has 1 spiro atoms. The number of ether oxygens (including phenoxy) is 2. The Morgan fingerprint density at radius 3 is 2.38 bits per heavy atom. The first-order valence-electron chi connectivity index (χ1n) is 16.2. The summed E-state index contributed by atoms with van der Waals surface area (Å²) >= 11 is 12.7. The lowest BCUT2D eigenvalue weighted by Gasteiger charge is -2.33. The van der Waals surface area contributed by atoms with Crippen LogP contribution in [0.2, 0.25) is 10.0 Å². The number of amides is 3. The normalized spacial score (nSPS) is 22.4. The molecule has 3 amide bonds. The summed E-state index contributed by atoms with van der Waals surface area (Å²) < 4.78 is 11.8. The molecule has 1 aliphatic carbocycles. The minimum Gasteiger partial charge on any atom is -0.490 e. The summed E-state index contributed by atoms with van der Waals surface area (Å²) in [5, 5.41) is 28.9. The van der Waals surface area contributed by atoms with Crippen LogP contribution in [0.5, 0.6) is 5.75 Å². The molecule has 2 fully saturated rings. The van der Waals surface area contributed by atoms with Gasteiger partial charge in [0.05, 0.1) is 11.6 Å². The largest absolute Gasteiger partial charge is 0.490 e. The second kappa shape index (κ2) is 14.8. The molecule has 6 rings (SSSR count). The number of hydrogen-bond acceptors (Lipinski definition) is 7. The molecule has 4 N–H and O–H groups in total. The van der Waals surface area contributed by atoms with Crippen LogP contribution in [0.4, 0.5) is 0 Å². The van der Waals surface area contributed by atoms with E-state index in [-0.39, 0.29) is 32.7 Å². The predicted octanol–water partition coefficient (Wildman–Crippen LogP) is 4.33. The maximum atomic E-state index is 14.0. The molecule has 3 aliphatic rings. The van der Waals surface area contributed by atoms with Crippen LogP contribution in [0, 0.1) is 5.92 Å². The zero-order valence-corrected chi connectivity index (χ0v) is 27.8. The minimum atomic E-state index is -1.61. The molecule has 0 radical (unpaired) electrons. The van der Waals surface area contributed by atoms with Gasteiger partial charge in [0.1, 0.15) is 37.3 Å². The van der Waals surface area contributed by atoms with Crippen molar-refractivity contribution < 1.29 is 34.1 Å². The number of carbonyl (C=O) groups is 3. The zero-order valence-electron chi connectivity index (χ0n) is 26.3. The van der Waals surface area contributed by atoms with Crippen LogP contribution in [-0.4, -0.2) is 70.0 Å². The van der Waals surface area contributed by atoms with Gasteiger partial charge in [0.25, 0.3) is 5.91 Å². The van der Waals surface area contributed by atoms with Crippen molar-refractivity contribution in [2.45, 2.75) is 75.0 Å². The number of aliphatic hydroxyl groups excluding tert-OH is 2. The third-order valence-corrected chi connectivity index (χ3v) is 10.3. The lowest BCUT2D eigenvalue weighted by Crippen LogP contribution is -2.56. The van der Waals surface area contributed by atoms with Gasteiger partial charge in [0.2, 0.25) is 11.8 Å². The highest BCUT2D eigenvalue weighted by Crippen LogP contribution is 2.43. The molecule has 3 aromatic carbocycles. The summed E-state index contributed by atoms with van der Waals surface area (Å²) in [4.78, 5) is 43.0. The average Bonchev–Trinajstić information content (AvgIpc) is 3.72. The van der Waals surface area contributed by atoms with E-state index < -0.39 is 53.5 Å². The first-order chi connectivity index (χ1) is 23.2. The van der Waals surface area contributed by atoms with E-state index in [0.717, 1.165) is 18.4 Å². The van der Waals surface area contributed by atoms with Gasteiger partial charge in [-0.2, -0.15) is 0 Å². The Hall–Kier alpha value is -3.67. The Morgan fingerprint density at radius 2 is 1.65 bits per heavy atom. The highest BCUT2D eigenvalue weighted by molar-refractivity contribution is 6.36. The fraction of sp³-hybridized carbons (Fsp3) is 0.417. The molecule has 0 aromatic heterocycles. The number of para-hydroxylation sites is 1. The molecule has 1 saturated carbocycles. The van der Waals surface area contributed by atoms with Crippen molar-refractivity contribution in [2.24, 2.45) is 5.92 Å². The molecule has 2 heterocycles. The van der Waals surface area contributed by atoms with E-state index in [9.17, 15) is 24.6 Å². The summed E-state index contributed by atoms with van der Waals surface area (Å²) in [7, 11) is 0. The molecule has 12 heteroatoms. The van der Waals surface area contributed by atoms with Gasteiger partial charge in [-0.1, -0.05) is 90.6 Å². The molecule has 5 atom stereocenters. The third kappa shape index (κ3) is 7.18. The molecule has 1 saturated heterocycles. The van der Waals surface area contributed by atoms with Gasteiger partial charge in [-0.25, -0.2) is 0 Å². The Labute approximate surface area is 289 Å². The molecule has 254 valence electrons. The highest BCUT2D eigenvalue weighted by atomic mass is 35.5. The van der Waals surface area contributed by atoms with Gasteiger partial charge < -0.3 is 35.2 Å². The van der Waals surface area contributed by atoms with Gasteiger partial charge in [0, 0.05) is 33.6 Å². The molecule has 10 nitrogen and oxygen atoms in total. The van der Waals surface area contributed by atoms with E-state index in [1.807, 2.05) is 36.4 Å². The first kappa shape index (κ1) is 34.2. The predicted molar refractivity (Wildman–Crippen MR) is 179 cm³/mol. The van der Waals surface area contributed by atoms with E-state index in [1.165, 1.54) is 4.90 Å². The fourth-order valence-corrected chi connectivity index (χ4v) is 7.64. The maximum absolute atomic E-state index is 14.0. The van der Waals surface area contributed by atoms with E-state index in [0.29, 0.717) is 39.8 Å². The quantitative estimate of drug-likeness (QED) is 0.248. The maximum Gasteiger partial charge on any atom is 0.254 e. The highest BCUT2D eigenvalue weighted by Gasteiger charge is 2.56. The van der Waals surface area contributed by atoms with Crippen LogP contribution in [0.25, 0.3) is 0 Å². The van der Waals surface area contributed by atoms with Crippen molar-refractivity contribution in [1.29, 1.82) is 0 Å². The van der Waals surface area contributed by atoms with E-state index in [2.05, 4.69) is 10.6 Å². The average molecular weight is 697 g/mol. The van der Waals surface area contributed by atoms with Crippen molar-refractivity contribution >= 4 is 40.9 Å². The van der Waals surface area contributed by atoms with Crippen molar-refractivity contribution in [3.63, 3.8) is 0 Å². The van der Waals surface area contributed by atoms with Gasteiger partial charge in [-0.05, 0) is 49.4 Å². The Bertz CT molecular complexity index is 1610. The minimum absolute atomic E-state index is 0.00919. The van der Waals surface area contributed by atoms with Gasteiger partial charge in [-0.3, -0.25) is 14.4 Å². The SMILES string of the molecule is O=C(N[C@H]1c2ccccc2OC[C@H]1O)[C@H](Cc1ccccc1)C[C@H](O)C(=O)N1COC2(CCCC2)[C@H]1C(=O)NCc1c(Cl)cccc1Cl. The number of fused-ring (bicyclic) bond motifs is 1. The van der Waals surface area contributed by atoms with Gasteiger partial charge in [0.15, 0.2) is 0 Å². The third-order valence-electron chi connectivity index (χ3n) is 9.62. The van der Waals surface area contributed by atoms with Crippen molar-refractivity contribution in [3.8, 4) is 5.75 Å². The van der Waals surface area contributed by atoms with E-state index in [1.54, 1.807) is 36.4 Å². The van der Waals surface area contributed by atoms with Crippen LogP contribution in [-0.2, 0) is 32.1 Å². The van der Waals surface area contributed by atoms with Crippen LogP contribution in [0.15, 0.2) is 72.8 Å². The number of nitrogens with one attached hydrogen (secondary N) is 2. The number of halogens is 2. The molecule has 3 aromatic rings. The number of hydrogen-bond donors (Lipinski definition) is 4. The summed E-state index contributed by atoms with van der Waals surface area (Å²) in [6.07, 6.45) is 0.282. The topological polar surface area (TPSA) is 137 Å². The van der Waals surface area contributed by atoms with Crippen LogP contribution in [0.3, 0.4) is 0 Å². The second-order valence-corrected chi connectivity index (χ2v) is 13.5. The van der Waals surface area contributed by atoms with E-state index in [4.69, 9.17) is 32.7 Å². The monoisotopic (exact) mass is 695 g/mol. The van der Waals surface area contributed by atoms with Crippen LogP contribution >= 0.6 is 23.2 Å². The van der Waals surface area contributed by atoms with Gasteiger partial charge in [-0.15, -0.1) is 0 Å². The zero-order chi connectivity index (χ0) is 33.8. The number of rotatable bonds is 10. The molecule has 0 bridgehead atoms. The van der Waals surface area contributed by atoms with E-state index >= 15 is 0 Å². The smallest absolute Gasteiger partial charge is 0.254 e. The Morgan fingerprint density at radius 1 is 0.958 bits per heavy atom. The molecule has 0 unspecified atom stereocenters. The van der Waals surface area contributed by atoms with Crippen molar-refractivity contribution in [2.75, 3.05) is 13.3 Å². The Kier molecular flexibility index (Phi) is 10.6. The fourth-order valence-electron chi connectivity index (χ4n) is 7.11. The number of carbonyl (C=O) groups excluding carboxylic acids is 3. The summed E-state index contributed by atoms with van der Waals surface area (Å²) in [6.45, 7) is -0.105. The van der Waals surface area contributed by atoms with Crippen LogP contribution < -0.4 is 15.4 Å². The molecule has 48 heavy (non-hydrogen) atoms. The summed E-state index contributed by atoms with van der Waals surface area (Å²) in [5.41, 5.74) is 1.16. The lowest BCUT2D eigenvalue weighted by molar-refractivity contribution is -0.147. The Balaban J connectivity index is 1.20. The first-order valence-corrected chi connectivity index (χ1v) is 17.0. The van der Waals surface area contributed by atoms with Gasteiger partial charge >= 0.3 is 0 Å². The molecular weight excluding hydrogens is 657 g/mol. The second-order valence-electron chi connectivity index (χ2n) is 12.7. The number of benzene rings is 3. The van der Waals surface area contributed by atoms with Crippen molar-refractivity contribution in [3.05, 3.63) is 99.5 Å². The van der Waals surface area contributed by atoms with Crippen molar-refractivity contribution in [1.82, 2.24) is 15.5 Å². The number of nitrogens with zero attached hydrogens (tertiary/aromatic N) is 1. The summed E-state index contributed by atoms with van der Waals surface area (Å²) in [6, 6.07) is 19.8. The number of aliphatic hydroxyl groups is 2. The lowest BCUT2D eigenvalue weighted by atomic mass is 9.89. The standard InChI is InChI=1S/C36H39Cl2N3O7/c37-26-12-8-13-27(38)25(26)19-39-34(45)32-36(15-6-7-16-36)48-21-41(32)35(46)28(42)18-23(17-22-9-2-1-3-10-22)33(44)40-31-24-11-4-5-14-30(24)47-20-29(31)43/h1-5,8-14,23,28-29,31-32,42-43H,6-7,15-21H2,(H,39,45)(H,40,44)/t23-,28+,29-,31+,32-/m1/s1.